The number of rotatable bonds is 8. The maximum Gasteiger partial charge on any atom is 0.0187 e. The first-order valence-corrected chi connectivity index (χ1v) is 8.32. The summed E-state index contributed by atoms with van der Waals surface area (Å²) in [7, 11) is 0. The molecule has 100 valence electrons. The molecule has 1 aliphatic carbocycles. The molecule has 0 spiro atoms. The Morgan fingerprint density at radius 2 is 2.11 bits per heavy atom. The van der Waals surface area contributed by atoms with Crippen molar-refractivity contribution in [3.05, 3.63) is 35.4 Å². The molecular formula is C16H25NS. The van der Waals surface area contributed by atoms with Crippen LogP contribution in [0.2, 0.25) is 0 Å². The van der Waals surface area contributed by atoms with Crippen LogP contribution in [-0.4, -0.2) is 18.3 Å². The maximum atomic E-state index is 3.71. The lowest BCUT2D eigenvalue weighted by atomic mass is 10.1. The summed E-state index contributed by atoms with van der Waals surface area (Å²) in [6.45, 7) is 5.63. The van der Waals surface area contributed by atoms with E-state index in [2.05, 4.69) is 55.2 Å². The van der Waals surface area contributed by atoms with Crippen molar-refractivity contribution >= 4 is 11.8 Å². The number of aryl methyl sites for hydroxylation is 1. The summed E-state index contributed by atoms with van der Waals surface area (Å²) >= 11 is 2.08. The van der Waals surface area contributed by atoms with Gasteiger partial charge in [0.15, 0.2) is 0 Å². The van der Waals surface area contributed by atoms with E-state index in [-0.39, 0.29) is 0 Å². The average molecular weight is 263 g/mol. The summed E-state index contributed by atoms with van der Waals surface area (Å²) in [6.07, 6.45) is 4.12. The molecule has 0 aliphatic heterocycles. The molecule has 1 nitrogen and oxygen atoms in total. The van der Waals surface area contributed by atoms with Gasteiger partial charge in [-0.15, -0.1) is 0 Å². The van der Waals surface area contributed by atoms with Crippen molar-refractivity contribution in [2.24, 2.45) is 5.92 Å². The van der Waals surface area contributed by atoms with Gasteiger partial charge in [0.2, 0.25) is 0 Å². The van der Waals surface area contributed by atoms with Crippen LogP contribution in [0.1, 0.15) is 37.3 Å². The zero-order valence-corrected chi connectivity index (χ0v) is 12.4. The first-order chi connectivity index (χ1) is 8.81. The van der Waals surface area contributed by atoms with E-state index in [1.807, 2.05) is 0 Å². The highest BCUT2D eigenvalue weighted by Crippen LogP contribution is 2.34. The molecule has 0 aromatic heterocycles. The molecule has 0 radical (unpaired) electrons. The van der Waals surface area contributed by atoms with Crippen molar-refractivity contribution in [1.82, 2.24) is 5.32 Å². The topological polar surface area (TPSA) is 12.0 Å². The third kappa shape index (κ3) is 4.33. The molecular weight excluding hydrogens is 238 g/mol. The Morgan fingerprint density at radius 1 is 1.33 bits per heavy atom. The van der Waals surface area contributed by atoms with Gasteiger partial charge in [0, 0.05) is 17.5 Å². The summed E-state index contributed by atoms with van der Waals surface area (Å²) in [5.74, 6) is 3.38. The minimum atomic E-state index is 0.749. The molecule has 1 saturated carbocycles. The van der Waals surface area contributed by atoms with Crippen molar-refractivity contribution in [1.29, 1.82) is 0 Å². The summed E-state index contributed by atoms with van der Waals surface area (Å²) in [4.78, 5) is 0. The van der Waals surface area contributed by atoms with E-state index in [1.165, 1.54) is 42.7 Å². The molecule has 1 aliphatic rings. The van der Waals surface area contributed by atoms with E-state index < -0.39 is 0 Å². The maximum absolute atomic E-state index is 3.71. The molecule has 2 rings (SSSR count). The minimum absolute atomic E-state index is 0.749. The third-order valence-corrected chi connectivity index (χ3v) is 4.77. The summed E-state index contributed by atoms with van der Waals surface area (Å²) in [5, 5.41) is 3.71. The molecule has 0 saturated heterocycles. The zero-order valence-electron chi connectivity index (χ0n) is 11.6. The highest BCUT2D eigenvalue weighted by molar-refractivity contribution is 7.98. The monoisotopic (exact) mass is 263 g/mol. The van der Waals surface area contributed by atoms with Crippen LogP contribution in [0.4, 0.5) is 0 Å². The molecule has 1 aromatic rings. The second kappa shape index (κ2) is 7.20. The molecule has 2 heteroatoms. The fraction of sp³-hybridized carbons (Fsp3) is 0.625. The predicted molar refractivity (Wildman–Crippen MR) is 82.1 cm³/mol. The Labute approximate surface area is 116 Å². The van der Waals surface area contributed by atoms with Crippen molar-refractivity contribution < 1.29 is 0 Å². The summed E-state index contributed by atoms with van der Waals surface area (Å²) < 4.78 is 0. The second-order valence-electron chi connectivity index (χ2n) is 5.34. The molecule has 18 heavy (non-hydrogen) atoms. The standard InChI is InChI=1S/C16H25NS/c1-3-10-17-16(14-8-9-14)12-18-11-15-7-5-4-6-13(15)2/h4-7,14,16-17H,3,8-12H2,1-2H3. The van der Waals surface area contributed by atoms with E-state index in [1.54, 1.807) is 0 Å². The van der Waals surface area contributed by atoms with Gasteiger partial charge in [0.25, 0.3) is 0 Å². The Hall–Kier alpha value is -0.470. The Balaban J connectivity index is 1.74. The lowest BCUT2D eigenvalue weighted by Crippen LogP contribution is -2.33. The van der Waals surface area contributed by atoms with E-state index in [0.717, 1.165) is 17.7 Å². The minimum Gasteiger partial charge on any atom is -0.313 e. The molecule has 0 bridgehead atoms. The Kier molecular flexibility index (Phi) is 5.58. The van der Waals surface area contributed by atoms with Crippen molar-refractivity contribution in [2.45, 2.75) is 44.9 Å². The molecule has 0 amide bonds. The van der Waals surface area contributed by atoms with Gasteiger partial charge in [-0.1, -0.05) is 31.2 Å². The van der Waals surface area contributed by atoms with Crippen LogP contribution >= 0.6 is 11.8 Å². The van der Waals surface area contributed by atoms with Crippen LogP contribution < -0.4 is 5.32 Å². The number of benzene rings is 1. The summed E-state index contributed by atoms with van der Waals surface area (Å²) in [5.41, 5.74) is 2.92. The van der Waals surface area contributed by atoms with Crippen LogP contribution in [0.15, 0.2) is 24.3 Å². The van der Waals surface area contributed by atoms with Crippen LogP contribution in [0, 0.1) is 12.8 Å². The molecule has 1 atom stereocenters. The van der Waals surface area contributed by atoms with Crippen LogP contribution in [0.3, 0.4) is 0 Å². The Bertz CT molecular complexity index is 360. The number of hydrogen-bond donors (Lipinski definition) is 1. The van der Waals surface area contributed by atoms with Gasteiger partial charge in [-0.25, -0.2) is 0 Å². The van der Waals surface area contributed by atoms with Gasteiger partial charge in [-0.2, -0.15) is 11.8 Å². The van der Waals surface area contributed by atoms with Gasteiger partial charge < -0.3 is 5.32 Å². The first-order valence-electron chi connectivity index (χ1n) is 7.17. The second-order valence-corrected chi connectivity index (χ2v) is 6.37. The smallest absolute Gasteiger partial charge is 0.0187 e. The highest BCUT2D eigenvalue weighted by Gasteiger charge is 2.30. The van der Waals surface area contributed by atoms with Gasteiger partial charge in [0.1, 0.15) is 0 Å². The summed E-state index contributed by atoms with van der Waals surface area (Å²) in [6, 6.07) is 9.49. The van der Waals surface area contributed by atoms with Gasteiger partial charge in [-0.05, 0) is 49.8 Å². The number of hydrogen-bond acceptors (Lipinski definition) is 2. The molecule has 1 fully saturated rings. The SMILES string of the molecule is CCCNC(CSCc1ccccc1C)C1CC1. The van der Waals surface area contributed by atoms with Gasteiger partial charge in [-0.3, -0.25) is 0 Å². The van der Waals surface area contributed by atoms with E-state index in [9.17, 15) is 0 Å². The quantitative estimate of drug-likeness (QED) is 0.760. The molecule has 1 aromatic carbocycles. The lowest BCUT2D eigenvalue weighted by Gasteiger charge is -2.17. The fourth-order valence-electron chi connectivity index (χ4n) is 2.26. The van der Waals surface area contributed by atoms with Crippen LogP contribution in [0.5, 0.6) is 0 Å². The van der Waals surface area contributed by atoms with Crippen molar-refractivity contribution in [2.75, 3.05) is 12.3 Å². The first kappa shape index (κ1) is 14.0. The normalized spacial score (nSPS) is 16.8. The molecule has 1 unspecified atom stereocenters. The zero-order chi connectivity index (χ0) is 12.8. The lowest BCUT2D eigenvalue weighted by molar-refractivity contribution is 0.503. The molecule has 0 heterocycles. The average Bonchev–Trinajstić information content (AvgIpc) is 3.20. The fourth-order valence-corrected chi connectivity index (χ4v) is 3.56. The number of nitrogens with one attached hydrogen (secondary N) is 1. The van der Waals surface area contributed by atoms with E-state index in [4.69, 9.17) is 0 Å². The van der Waals surface area contributed by atoms with Crippen molar-refractivity contribution in [3.63, 3.8) is 0 Å². The van der Waals surface area contributed by atoms with Crippen LogP contribution in [0.25, 0.3) is 0 Å². The highest BCUT2D eigenvalue weighted by atomic mass is 32.2. The third-order valence-electron chi connectivity index (χ3n) is 3.66. The number of thioether (sulfide) groups is 1. The van der Waals surface area contributed by atoms with E-state index >= 15 is 0 Å². The van der Waals surface area contributed by atoms with Gasteiger partial charge in [0.05, 0.1) is 0 Å². The van der Waals surface area contributed by atoms with Crippen molar-refractivity contribution in [3.8, 4) is 0 Å². The molecule has 1 N–H and O–H groups in total. The van der Waals surface area contributed by atoms with Crippen LogP contribution in [-0.2, 0) is 5.75 Å². The Morgan fingerprint density at radius 3 is 2.78 bits per heavy atom. The van der Waals surface area contributed by atoms with Gasteiger partial charge >= 0.3 is 0 Å². The largest absolute Gasteiger partial charge is 0.313 e. The predicted octanol–water partition coefficient (Wildman–Crippen LogP) is 4.01. The van der Waals surface area contributed by atoms with E-state index in [0.29, 0.717) is 0 Å².